The van der Waals surface area contributed by atoms with Gasteiger partial charge < -0.3 is 4.74 Å². The lowest BCUT2D eigenvalue weighted by Crippen LogP contribution is -2.70. The lowest BCUT2D eigenvalue weighted by molar-refractivity contribution is -0.437. The number of rotatable bonds is 9. The minimum atomic E-state index is -8.62. The first-order chi connectivity index (χ1) is 16.0. The third kappa shape index (κ3) is 5.12. The Morgan fingerprint density at radius 1 is 0.649 bits per heavy atom. The van der Waals surface area contributed by atoms with Gasteiger partial charge in [0.1, 0.15) is 10.6 Å². The van der Waals surface area contributed by atoms with Gasteiger partial charge >= 0.3 is 41.9 Å². The molecule has 1 N–H and O–H groups in total. The summed E-state index contributed by atoms with van der Waals surface area (Å²) in [6.07, 6.45) is -14.2. The molecule has 1 aromatic carbocycles. The highest BCUT2D eigenvalue weighted by atomic mass is 32.2. The van der Waals surface area contributed by atoms with Crippen molar-refractivity contribution in [2.24, 2.45) is 0 Å². The number of alkyl halides is 15. The maximum atomic E-state index is 13.8. The Balaban J connectivity index is 3.68. The molecule has 0 aliphatic heterocycles. The van der Waals surface area contributed by atoms with Gasteiger partial charge in [-0.2, -0.15) is 78.7 Å². The Hall–Kier alpha value is -2.52. The predicted molar refractivity (Wildman–Crippen MR) is 81.9 cm³/mol. The number of hydrogen-bond donors (Lipinski definition) is 1. The normalized spacial score (nSPS) is 15.9. The van der Waals surface area contributed by atoms with Crippen molar-refractivity contribution in [3.8, 4) is 5.75 Å². The van der Waals surface area contributed by atoms with Gasteiger partial charge in [-0.15, -0.1) is 0 Å². The molecule has 37 heavy (non-hydrogen) atoms. The Morgan fingerprint density at radius 3 is 1.46 bits per heavy atom. The molecular weight excluding hydrogens is 599 g/mol. The molecule has 1 aromatic rings. The molecule has 0 aliphatic rings. The Kier molecular flexibility index (Phi) is 7.95. The van der Waals surface area contributed by atoms with E-state index in [4.69, 9.17) is 4.55 Å². The maximum absolute atomic E-state index is 13.8. The van der Waals surface area contributed by atoms with Crippen LogP contribution in [0.4, 0.5) is 74.6 Å². The summed E-state index contributed by atoms with van der Waals surface area (Å²) >= 11 is 0. The van der Waals surface area contributed by atoms with Crippen molar-refractivity contribution in [2.45, 2.75) is 46.8 Å². The quantitative estimate of drug-likeness (QED) is 0.249. The summed E-state index contributed by atoms with van der Waals surface area (Å²) in [4.78, 5) is -1.74. The molecule has 0 saturated heterocycles. The molecule has 0 aromatic heterocycles. The van der Waals surface area contributed by atoms with Crippen molar-refractivity contribution in [3.05, 3.63) is 35.9 Å². The summed E-state index contributed by atoms with van der Waals surface area (Å²) in [6.45, 7) is 0. The highest BCUT2D eigenvalue weighted by Gasteiger charge is 2.91. The number of allylic oxidation sites excluding steroid dienone is 1. The van der Waals surface area contributed by atoms with Crippen LogP contribution in [0.2, 0.25) is 0 Å². The fraction of sp³-hybridized carbons (Fsp3) is 0.467. The van der Waals surface area contributed by atoms with Crippen molar-refractivity contribution >= 4 is 10.1 Å². The monoisotopic (exact) mass is 604 g/mol. The molecule has 0 spiro atoms. The number of para-hydroxylation sites is 1. The summed E-state index contributed by atoms with van der Waals surface area (Å²) in [6, 6.07) is 1.46. The summed E-state index contributed by atoms with van der Waals surface area (Å²) in [5, 5.41) is 0. The average molecular weight is 604 g/mol. The molecule has 0 aliphatic carbocycles. The number of benzene rings is 1. The highest BCUT2D eigenvalue weighted by Crippen LogP contribution is 2.61. The first-order valence-corrected chi connectivity index (χ1v) is 9.61. The van der Waals surface area contributed by atoms with E-state index in [1.54, 1.807) is 0 Å². The van der Waals surface area contributed by atoms with Crippen LogP contribution >= 0.6 is 0 Å². The van der Waals surface area contributed by atoms with Gasteiger partial charge in [0.2, 0.25) is 11.7 Å². The van der Waals surface area contributed by atoms with Crippen molar-refractivity contribution in [3.63, 3.8) is 0 Å². The number of ether oxygens (including phenoxy) is 1. The van der Waals surface area contributed by atoms with E-state index in [0.29, 0.717) is 12.1 Å². The Labute approximate surface area is 192 Å². The van der Waals surface area contributed by atoms with E-state index in [-0.39, 0.29) is 12.1 Å². The summed E-state index contributed by atoms with van der Waals surface area (Å²) in [7, 11) is -5.57. The van der Waals surface area contributed by atoms with Gasteiger partial charge in [0, 0.05) is 0 Å². The molecule has 214 valence electrons. The van der Waals surface area contributed by atoms with Gasteiger partial charge in [0.25, 0.3) is 10.1 Å². The molecule has 22 heteroatoms. The van der Waals surface area contributed by atoms with Crippen LogP contribution in [0.25, 0.3) is 0 Å². The molecule has 0 radical (unpaired) electrons. The van der Waals surface area contributed by atoms with Crippen LogP contribution in [0, 0.1) is 0 Å². The van der Waals surface area contributed by atoms with Gasteiger partial charge in [0.15, 0.2) is 0 Å². The zero-order valence-corrected chi connectivity index (χ0v) is 17.1. The molecule has 4 nitrogen and oxygen atoms in total. The fourth-order valence-corrected chi connectivity index (χ4v) is 2.72. The highest BCUT2D eigenvalue weighted by molar-refractivity contribution is 7.86. The van der Waals surface area contributed by atoms with Crippen LogP contribution < -0.4 is 4.74 Å². The van der Waals surface area contributed by atoms with Gasteiger partial charge in [-0.1, -0.05) is 12.1 Å². The molecule has 0 unspecified atom stereocenters. The van der Waals surface area contributed by atoms with Crippen LogP contribution in [-0.2, 0) is 10.1 Å². The van der Waals surface area contributed by atoms with Gasteiger partial charge in [-0.05, 0) is 12.1 Å². The minimum absolute atomic E-state index is 0.0723. The van der Waals surface area contributed by atoms with Gasteiger partial charge in [-0.3, -0.25) is 4.55 Å². The lowest BCUT2D eigenvalue weighted by Gasteiger charge is -2.39. The minimum Gasteiger partial charge on any atom is -0.426 e. The van der Waals surface area contributed by atoms with E-state index >= 15 is 0 Å². The van der Waals surface area contributed by atoms with E-state index in [1.165, 1.54) is 0 Å². The third-order valence-corrected chi connectivity index (χ3v) is 4.92. The van der Waals surface area contributed by atoms with Crippen LogP contribution in [0.1, 0.15) is 0 Å². The zero-order chi connectivity index (χ0) is 29.8. The fourth-order valence-electron chi connectivity index (χ4n) is 2.10. The second kappa shape index (κ2) is 9.05. The molecule has 0 saturated carbocycles. The first kappa shape index (κ1) is 32.5. The Bertz CT molecular complexity index is 1150. The zero-order valence-electron chi connectivity index (χ0n) is 16.3. The number of halogens is 17. The summed E-state index contributed by atoms with van der Waals surface area (Å²) < 4.78 is 257. The van der Waals surface area contributed by atoms with E-state index < -0.39 is 74.3 Å². The topological polar surface area (TPSA) is 63.6 Å². The Morgan fingerprint density at radius 2 is 1.05 bits per heavy atom. The number of hydrogen-bond acceptors (Lipinski definition) is 3. The summed E-state index contributed by atoms with van der Waals surface area (Å²) in [5.74, 6) is -53.6. The molecule has 0 heterocycles. The van der Waals surface area contributed by atoms with E-state index in [2.05, 4.69) is 4.74 Å². The molecule has 0 fully saturated rings. The van der Waals surface area contributed by atoms with Gasteiger partial charge in [-0.25, -0.2) is 4.39 Å². The SMILES string of the molecule is O=S(=O)(O)c1ccccc1OC(F)(F)/C(F)=C(\F)C(F)(F)C(F)(F)C(F)(F)C(F)(F)C(F)(F)C(F)(F)F. The molecule has 0 atom stereocenters. The van der Waals surface area contributed by atoms with E-state index in [0.717, 1.165) is 0 Å². The maximum Gasteiger partial charge on any atom is 0.460 e. The molecule has 0 amide bonds. The van der Waals surface area contributed by atoms with Crippen molar-refractivity contribution in [1.82, 2.24) is 0 Å². The van der Waals surface area contributed by atoms with Crippen LogP contribution in [0.5, 0.6) is 5.75 Å². The first-order valence-electron chi connectivity index (χ1n) is 8.17. The van der Waals surface area contributed by atoms with Crippen LogP contribution in [0.3, 0.4) is 0 Å². The standard InChI is InChI=1S/C15H5F17O4S/c16-7(8(17)10(20,21)36-5-3-1-2-4-6(5)37(33,34)35)9(18,19)11(22,23)12(24,25)13(26,27)14(28,29)15(30,31)32/h1-4H,(H,33,34,35)/b8-7+. The molecule has 0 bridgehead atoms. The van der Waals surface area contributed by atoms with Crippen LogP contribution in [-0.4, -0.2) is 54.9 Å². The van der Waals surface area contributed by atoms with Crippen molar-refractivity contribution in [2.75, 3.05) is 0 Å². The van der Waals surface area contributed by atoms with Crippen molar-refractivity contribution in [1.29, 1.82) is 0 Å². The lowest BCUT2D eigenvalue weighted by atomic mass is 9.93. The molecule has 1 rings (SSSR count). The largest absolute Gasteiger partial charge is 0.460 e. The second-order valence-electron chi connectivity index (χ2n) is 6.54. The second-order valence-corrected chi connectivity index (χ2v) is 7.93. The van der Waals surface area contributed by atoms with Gasteiger partial charge in [0.05, 0.1) is 0 Å². The molecular formula is C15H5F17O4S. The smallest absolute Gasteiger partial charge is 0.426 e. The average Bonchev–Trinajstić information content (AvgIpc) is 2.70. The van der Waals surface area contributed by atoms with Crippen molar-refractivity contribution < 1.29 is 92.3 Å². The third-order valence-electron chi connectivity index (χ3n) is 4.02. The van der Waals surface area contributed by atoms with E-state index in [9.17, 15) is 83.1 Å². The predicted octanol–water partition coefficient (Wildman–Crippen LogP) is 6.79. The summed E-state index contributed by atoms with van der Waals surface area (Å²) in [5.41, 5.74) is 0. The van der Waals surface area contributed by atoms with Crippen LogP contribution in [0.15, 0.2) is 40.8 Å². The van der Waals surface area contributed by atoms with E-state index in [1.807, 2.05) is 0 Å².